The summed E-state index contributed by atoms with van der Waals surface area (Å²) in [5.74, 6) is 2.74. The van der Waals surface area contributed by atoms with Crippen LogP contribution in [0.2, 0.25) is 0 Å². The molecular weight excluding hydrogens is 242 g/mol. The lowest BCUT2D eigenvalue weighted by Crippen LogP contribution is -2.24. The first-order valence-electron chi connectivity index (χ1n) is 6.37. The molecule has 0 saturated carbocycles. The minimum atomic E-state index is -0.318. The van der Waals surface area contributed by atoms with Crippen molar-refractivity contribution in [2.75, 3.05) is 24.7 Å². The van der Waals surface area contributed by atoms with E-state index in [0.29, 0.717) is 26.2 Å². The van der Waals surface area contributed by atoms with Crippen LogP contribution < -0.4 is 4.90 Å². The van der Waals surface area contributed by atoms with E-state index in [1.807, 2.05) is 24.3 Å². The number of carbonyl (C=O) groups is 1. The Kier molecular flexibility index (Phi) is 3.24. The number of hydrogen-bond donors (Lipinski definition) is 0. The van der Waals surface area contributed by atoms with Gasteiger partial charge in [0.05, 0.1) is 13.2 Å². The van der Waals surface area contributed by atoms with Crippen LogP contribution in [0.3, 0.4) is 0 Å². The Morgan fingerprint density at radius 3 is 2.79 bits per heavy atom. The van der Waals surface area contributed by atoms with E-state index in [2.05, 4.69) is 5.92 Å². The van der Waals surface area contributed by atoms with Crippen LogP contribution in [0.1, 0.15) is 18.3 Å². The van der Waals surface area contributed by atoms with Gasteiger partial charge in [0.15, 0.2) is 6.29 Å². The molecule has 2 saturated heterocycles. The van der Waals surface area contributed by atoms with E-state index in [1.54, 1.807) is 4.90 Å². The Morgan fingerprint density at radius 2 is 2.11 bits per heavy atom. The summed E-state index contributed by atoms with van der Waals surface area (Å²) >= 11 is 0. The topological polar surface area (TPSA) is 38.8 Å². The molecule has 0 N–H and O–H groups in total. The molecule has 1 aromatic rings. The third kappa shape index (κ3) is 2.35. The van der Waals surface area contributed by atoms with Gasteiger partial charge in [-0.25, -0.2) is 0 Å². The summed E-state index contributed by atoms with van der Waals surface area (Å²) < 4.78 is 10.9. The average Bonchev–Trinajstić information content (AvgIpc) is 3.08. The molecule has 2 aliphatic rings. The summed E-state index contributed by atoms with van der Waals surface area (Å²) in [4.78, 5) is 13.7. The van der Waals surface area contributed by atoms with Crippen molar-refractivity contribution < 1.29 is 14.3 Å². The molecule has 98 valence electrons. The Bertz CT molecular complexity index is 528. The Hall–Kier alpha value is -1.83. The molecule has 0 radical (unpaired) electrons. The first-order chi connectivity index (χ1) is 9.28. The van der Waals surface area contributed by atoms with Crippen molar-refractivity contribution in [3.05, 3.63) is 29.8 Å². The molecule has 4 heteroatoms. The number of rotatable bonds is 2. The predicted octanol–water partition coefficient (Wildman–Crippen LogP) is 1.72. The van der Waals surface area contributed by atoms with Gasteiger partial charge in [-0.3, -0.25) is 4.79 Å². The maximum atomic E-state index is 11.9. The zero-order valence-electron chi connectivity index (χ0n) is 10.5. The van der Waals surface area contributed by atoms with Crippen LogP contribution >= 0.6 is 0 Å². The van der Waals surface area contributed by atoms with Crippen molar-refractivity contribution in [3.63, 3.8) is 0 Å². The van der Waals surface area contributed by atoms with Gasteiger partial charge in [-0.15, -0.1) is 12.3 Å². The maximum Gasteiger partial charge on any atom is 0.228 e. The minimum absolute atomic E-state index is 0.00939. The lowest BCUT2D eigenvalue weighted by molar-refractivity contribution is -0.117. The van der Waals surface area contributed by atoms with Crippen LogP contribution in [0.4, 0.5) is 5.69 Å². The molecule has 1 amide bonds. The van der Waals surface area contributed by atoms with E-state index >= 15 is 0 Å². The number of nitrogens with zero attached hydrogens (tertiary/aromatic N) is 1. The third-order valence-electron chi connectivity index (χ3n) is 3.44. The van der Waals surface area contributed by atoms with Crippen LogP contribution in [0.25, 0.3) is 0 Å². The summed E-state index contributed by atoms with van der Waals surface area (Å²) in [5.41, 5.74) is 1.80. The zero-order chi connectivity index (χ0) is 13.2. The van der Waals surface area contributed by atoms with Gasteiger partial charge in [-0.05, 0) is 12.1 Å². The van der Waals surface area contributed by atoms with E-state index in [0.717, 1.165) is 11.3 Å². The van der Waals surface area contributed by atoms with Crippen LogP contribution in [0, 0.1) is 18.3 Å². The zero-order valence-corrected chi connectivity index (χ0v) is 10.5. The van der Waals surface area contributed by atoms with Crippen molar-refractivity contribution in [1.82, 2.24) is 0 Å². The number of carbonyl (C=O) groups excluding carboxylic acids is 1. The number of benzene rings is 1. The highest BCUT2D eigenvalue weighted by Gasteiger charge is 2.30. The average molecular weight is 257 g/mol. The van der Waals surface area contributed by atoms with E-state index in [9.17, 15) is 4.79 Å². The van der Waals surface area contributed by atoms with Gasteiger partial charge in [-0.1, -0.05) is 12.1 Å². The smallest absolute Gasteiger partial charge is 0.228 e. The number of anilines is 1. The van der Waals surface area contributed by atoms with Crippen LogP contribution in [-0.4, -0.2) is 25.7 Å². The highest BCUT2D eigenvalue weighted by Crippen LogP contribution is 2.29. The van der Waals surface area contributed by atoms with Crippen molar-refractivity contribution in [3.8, 4) is 12.3 Å². The van der Waals surface area contributed by atoms with Crippen molar-refractivity contribution in [2.45, 2.75) is 12.7 Å². The molecule has 1 aromatic carbocycles. The number of hydrogen-bond acceptors (Lipinski definition) is 3. The third-order valence-corrected chi connectivity index (χ3v) is 3.44. The van der Waals surface area contributed by atoms with E-state index in [1.165, 1.54) is 0 Å². The Morgan fingerprint density at radius 1 is 1.32 bits per heavy atom. The molecule has 1 unspecified atom stereocenters. The first kappa shape index (κ1) is 12.2. The molecule has 0 aromatic heterocycles. The van der Waals surface area contributed by atoms with Gasteiger partial charge in [0, 0.05) is 30.1 Å². The molecule has 1 atom stereocenters. The molecule has 19 heavy (non-hydrogen) atoms. The lowest BCUT2D eigenvalue weighted by atomic mass is 10.1. The van der Waals surface area contributed by atoms with E-state index in [-0.39, 0.29) is 18.1 Å². The van der Waals surface area contributed by atoms with Crippen LogP contribution in [0.5, 0.6) is 0 Å². The molecule has 2 aliphatic heterocycles. The standard InChI is InChI=1S/C15H15NO3/c1-2-11-8-14(17)16(10-11)13-5-3-4-12(9-13)15-18-6-7-19-15/h1,3-5,9,11,15H,6-8,10H2. The molecule has 0 bridgehead atoms. The van der Waals surface area contributed by atoms with Gasteiger partial charge in [0.2, 0.25) is 5.91 Å². The number of ether oxygens (including phenoxy) is 2. The summed E-state index contributed by atoms with van der Waals surface area (Å²) in [6.07, 6.45) is 5.51. The van der Waals surface area contributed by atoms with Gasteiger partial charge in [0.25, 0.3) is 0 Å². The molecule has 2 fully saturated rings. The maximum absolute atomic E-state index is 11.9. The lowest BCUT2D eigenvalue weighted by Gasteiger charge is -2.18. The van der Waals surface area contributed by atoms with Crippen molar-refractivity contribution in [2.24, 2.45) is 5.92 Å². The number of amides is 1. The van der Waals surface area contributed by atoms with E-state index in [4.69, 9.17) is 15.9 Å². The minimum Gasteiger partial charge on any atom is -0.346 e. The molecule has 4 nitrogen and oxygen atoms in total. The summed E-state index contributed by atoms with van der Waals surface area (Å²) in [7, 11) is 0. The monoisotopic (exact) mass is 257 g/mol. The van der Waals surface area contributed by atoms with Crippen molar-refractivity contribution >= 4 is 11.6 Å². The molecule has 0 aliphatic carbocycles. The van der Waals surface area contributed by atoms with Gasteiger partial charge >= 0.3 is 0 Å². The highest BCUT2D eigenvalue weighted by molar-refractivity contribution is 5.96. The normalized spacial score (nSPS) is 23.8. The fourth-order valence-corrected chi connectivity index (χ4v) is 2.46. The SMILES string of the molecule is C#CC1CC(=O)N(c2cccc(C3OCCO3)c2)C1. The molecule has 0 spiro atoms. The fraction of sp³-hybridized carbons (Fsp3) is 0.400. The van der Waals surface area contributed by atoms with Crippen LogP contribution in [-0.2, 0) is 14.3 Å². The fourth-order valence-electron chi connectivity index (χ4n) is 2.46. The second-order valence-electron chi connectivity index (χ2n) is 4.74. The largest absolute Gasteiger partial charge is 0.346 e. The molecular formula is C15H15NO3. The van der Waals surface area contributed by atoms with E-state index < -0.39 is 0 Å². The van der Waals surface area contributed by atoms with Gasteiger partial charge in [0.1, 0.15) is 0 Å². The van der Waals surface area contributed by atoms with Gasteiger partial charge in [-0.2, -0.15) is 0 Å². The summed E-state index contributed by atoms with van der Waals surface area (Å²) in [6, 6.07) is 7.70. The second kappa shape index (κ2) is 5.04. The summed E-state index contributed by atoms with van der Waals surface area (Å²) in [6.45, 7) is 1.80. The van der Waals surface area contributed by atoms with Crippen molar-refractivity contribution in [1.29, 1.82) is 0 Å². The predicted molar refractivity (Wildman–Crippen MR) is 70.4 cm³/mol. The quantitative estimate of drug-likeness (QED) is 0.757. The molecule has 3 rings (SSSR count). The molecule has 2 heterocycles. The van der Waals surface area contributed by atoms with Crippen LogP contribution in [0.15, 0.2) is 24.3 Å². The summed E-state index contributed by atoms with van der Waals surface area (Å²) in [5, 5.41) is 0. The first-order valence-corrected chi connectivity index (χ1v) is 6.37. The Labute approximate surface area is 112 Å². The Balaban J connectivity index is 1.83. The van der Waals surface area contributed by atoms with Gasteiger partial charge < -0.3 is 14.4 Å². The number of terminal acetylenes is 1. The highest BCUT2D eigenvalue weighted by atomic mass is 16.7. The second-order valence-corrected chi connectivity index (χ2v) is 4.74.